The Bertz CT molecular complexity index is 1010. The Labute approximate surface area is 181 Å². The number of nitrogens with one attached hydrogen (secondary N) is 1. The molecule has 2 rings (SSSR count). The average Bonchev–Trinajstić information content (AvgIpc) is 2.70. The lowest BCUT2D eigenvalue weighted by Gasteiger charge is -2.25. The number of ether oxygens (including phenoxy) is 3. The summed E-state index contributed by atoms with van der Waals surface area (Å²) in [5.41, 5.74) is 0.866. The summed E-state index contributed by atoms with van der Waals surface area (Å²) in [6, 6.07) is 9.30. The van der Waals surface area contributed by atoms with Gasteiger partial charge in [-0.1, -0.05) is 11.6 Å². The normalized spacial score (nSPS) is 12.1. The second-order valence-electron chi connectivity index (χ2n) is 6.48. The Morgan fingerprint density at radius 2 is 1.70 bits per heavy atom. The third-order valence-electron chi connectivity index (χ3n) is 4.38. The van der Waals surface area contributed by atoms with Crippen molar-refractivity contribution in [2.75, 3.05) is 38.4 Å². The molecule has 1 N–H and O–H groups in total. The third-order valence-corrected chi connectivity index (χ3v) is 5.74. The summed E-state index contributed by atoms with van der Waals surface area (Å²) in [6.45, 7) is 1.31. The average molecular weight is 457 g/mol. The van der Waals surface area contributed by atoms with Gasteiger partial charge in [0.05, 0.1) is 39.3 Å². The molecule has 0 aliphatic heterocycles. The lowest BCUT2D eigenvalue weighted by molar-refractivity contribution is -0.120. The zero-order chi connectivity index (χ0) is 22.5. The molecular weight excluding hydrogens is 432 g/mol. The summed E-state index contributed by atoms with van der Waals surface area (Å²) in [5.74, 6) is 0.938. The van der Waals surface area contributed by atoms with E-state index in [-0.39, 0.29) is 11.4 Å². The molecule has 1 amide bonds. The Kier molecular flexibility index (Phi) is 7.80. The second-order valence-corrected chi connectivity index (χ2v) is 8.83. The number of methoxy groups -OCH3 is 3. The van der Waals surface area contributed by atoms with Crippen LogP contribution in [-0.2, 0) is 14.8 Å². The number of rotatable bonds is 9. The van der Waals surface area contributed by atoms with Crippen molar-refractivity contribution in [2.45, 2.75) is 13.0 Å². The van der Waals surface area contributed by atoms with Gasteiger partial charge >= 0.3 is 0 Å². The zero-order valence-electron chi connectivity index (χ0n) is 17.4. The highest BCUT2D eigenvalue weighted by Crippen LogP contribution is 2.33. The topological polar surface area (TPSA) is 94.2 Å². The summed E-state index contributed by atoms with van der Waals surface area (Å²) in [6.07, 6.45) is 1.01. The number of anilines is 1. The van der Waals surface area contributed by atoms with Gasteiger partial charge < -0.3 is 19.5 Å². The van der Waals surface area contributed by atoms with E-state index >= 15 is 0 Å². The molecule has 2 aromatic rings. The van der Waals surface area contributed by atoms with Gasteiger partial charge in [0, 0.05) is 10.6 Å². The largest absolute Gasteiger partial charge is 0.497 e. The summed E-state index contributed by atoms with van der Waals surface area (Å²) in [7, 11) is 0.673. The first-order chi connectivity index (χ1) is 14.1. The van der Waals surface area contributed by atoms with Gasteiger partial charge in [-0.15, -0.1) is 0 Å². The van der Waals surface area contributed by atoms with E-state index in [4.69, 9.17) is 25.8 Å². The van der Waals surface area contributed by atoms with Crippen LogP contribution in [0.4, 0.5) is 5.69 Å². The molecule has 164 valence electrons. The molecule has 0 aliphatic rings. The number of hydrogen-bond donors (Lipinski definition) is 1. The fraction of sp³-hybridized carbons (Fsp3) is 0.350. The number of carbonyl (C=O) groups is 1. The van der Waals surface area contributed by atoms with Crippen molar-refractivity contribution in [3.8, 4) is 17.2 Å². The molecule has 0 aromatic heterocycles. The van der Waals surface area contributed by atoms with Crippen LogP contribution in [0.15, 0.2) is 36.4 Å². The first-order valence-electron chi connectivity index (χ1n) is 8.93. The van der Waals surface area contributed by atoms with Crippen LogP contribution in [-0.4, -0.2) is 48.5 Å². The first-order valence-corrected chi connectivity index (χ1v) is 11.2. The summed E-state index contributed by atoms with van der Waals surface area (Å²) >= 11 is 6.03. The fourth-order valence-corrected chi connectivity index (χ4v) is 3.93. The minimum atomic E-state index is -3.80. The molecule has 0 radical (unpaired) electrons. The Balaban J connectivity index is 2.29. The Hall–Kier alpha value is -2.65. The van der Waals surface area contributed by atoms with Crippen molar-refractivity contribution < 1.29 is 27.4 Å². The van der Waals surface area contributed by atoms with Gasteiger partial charge in [-0.2, -0.15) is 0 Å². The van der Waals surface area contributed by atoms with Crippen molar-refractivity contribution in [3.05, 3.63) is 47.0 Å². The summed E-state index contributed by atoms with van der Waals surface area (Å²) < 4.78 is 41.6. The monoisotopic (exact) mass is 456 g/mol. The summed E-state index contributed by atoms with van der Waals surface area (Å²) in [4.78, 5) is 12.7. The highest BCUT2D eigenvalue weighted by atomic mass is 35.5. The van der Waals surface area contributed by atoms with Crippen LogP contribution in [0.2, 0.25) is 5.02 Å². The predicted molar refractivity (Wildman–Crippen MR) is 116 cm³/mol. The number of hydrogen-bond acceptors (Lipinski definition) is 6. The standard InChI is InChI=1S/C20H25ClN2O6S/c1-13(16-11-15(27-2)7-9-18(16)28-3)22-20(24)12-23(30(5,25)26)17-10-14(21)6-8-19(17)29-4/h6-11,13H,12H2,1-5H3,(H,22,24)/t13-/m1/s1. The summed E-state index contributed by atoms with van der Waals surface area (Å²) in [5, 5.41) is 3.11. The van der Waals surface area contributed by atoms with Crippen LogP contribution >= 0.6 is 11.6 Å². The lowest BCUT2D eigenvalue weighted by atomic mass is 10.1. The molecule has 8 nitrogen and oxygen atoms in total. The number of nitrogens with zero attached hydrogens (tertiary/aromatic N) is 1. The van der Waals surface area contributed by atoms with E-state index in [0.29, 0.717) is 22.1 Å². The van der Waals surface area contributed by atoms with Crippen LogP contribution < -0.4 is 23.8 Å². The van der Waals surface area contributed by atoms with Gasteiger partial charge in [0.25, 0.3) is 0 Å². The SMILES string of the molecule is COc1ccc(OC)c([C@@H](C)NC(=O)CN(c2cc(Cl)ccc2OC)S(C)(=O)=O)c1. The molecule has 30 heavy (non-hydrogen) atoms. The number of amides is 1. The molecule has 0 bridgehead atoms. The zero-order valence-corrected chi connectivity index (χ0v) is 19.0. The van der Waals surface area contributed by atoms with E-state index in [2.05, 4.69) is 5.32 Å². The van der Waals surface area contributed by atoms with Gasteiger partial charge in [-0.05, 0) is 43.3 Å². The molecule has 2 aromatic carbocycles. The number of halogens is 1. The van der Waals surface area contributed by atoms with Crippen molar-refractivity contribution in [1.29, 1.82) is 0 Å². The molecule has 0 fully saturated rings. The van der Waals surface area contributed by atoms with Crippen molar-refractivity contribution in [2.24, 2.45) is 0 Å². The van der Waals surface area contributed by atoms with E-state index < -0.39 is 28.5 Å². The van der Waals surface area contributed by atoms with Crippen LogP contribution in [0.25, 0.3) is 0 Å². The number of benzene rings is 2. The van der Waals surface area contributed by atoms with Crippen LogP contribution in [0.1, 0.15) is 18.5 Å². The van der Waals surface area contributed by atoms with Crippen LogP contribution in [0.3, 0.4) is 0 Å². The van der Waals surface area contributed by atoms with Gasteiger partial charge in [0.15, 0.2) is 0 Å². The van der Waals surface area contributed by atoms with Crippen LogP contribution in [0.5, 0.6) is 17.2 Å². The maximum Gasteiger partial charge on any atom is 0.241 e. The number of carbonyl (C=O) groups excluding carboxylic acids is 1. The molecule has 0 unspecified atom stereocenters. The first kappa shape index (κ1) is 23.6. The molecule has 10 heteroatoms. The van der Waals surface area contributed by atoms with E-state index in [1.54, 1.807) is 31.2 Å². The molecule has 0 saturated carbocycles. The molecule has 1 atom stereocenters. The minimum absolute atomic E-state index is 0.175. The van der Waals surface area contributed by atoms with Crippen molar-refractivity contribution in [3.63, 3.8) is 0 Å². The van der Waals surface area contributed by atoms with Gasteiger partial charge in [-0.3, -0.25) is 9.10 Å². The van der Waals surface area contributed by atoms with Gasteiger partial charge in [0.1, 0.15) is 23.8 Å². The fourth-order valence-electron chi connectivity index (χ4n) is 2.91. The van der Waals surface area contributed by atoms with E-state index in [0.717, 1.165) is 10.6 Å². The molecular formula is C20H25ClN2O6S. The minimum Gasteiger partial charge on any atom is -0.497 e. The van der Waals surface area contributed by atoms with Gasteiger partial charge in [0.2, 0.25) is 15.9 Å². The molecule has 0 aliphatic carbocycles. The Morgan fingerprint density at radius 3 is 2.27 bits per heavy atom. The van der Waals surface area contributed by atoms with E-state index in [1.165, 1.54) is 33.5 Å². The molecule has 0 spiro atoms. The number of sulfonamides is 1. The van der Waals surface area contributed by atoms with E-state index in [9.17, 15) is 13.2 Å². The van der Waals surface area contributed by atoms with Gasteiger partial charge in [-0.25, -0.2) is 8.42 Å². The lowest BCUT2D eigenvalue weighted by Crippen LogP contribution is -2.41. The van der Waals surface area contributed by atoms with Crippen molar-refractivity contribution >= 4 is 33.2 Å². The highest BCUT2D eigenvalue weighted by molar-refractivity contribution is 7.92. The maximum atomic E-state index is 12.7. The second kappa shape index (κ2) is 9.90. The van der Waals surface area contributed by atoms with E-state index in [1.807, 2.05) is 0 Å². The van der Waals surface area contributed by atoms with Crippen molar-refractivity contribution in [1.82, 2.24) is 5.32 Å². The third kappa shape index (κ3) is 5.70. The highest BCUT2D eigenvalue weighted by Gasteiger charge is 2.25. The smallest absolute Gasteiger partial charge is 0.241 e. The Morgan fingerprint density at radius 1 is 1.07 bits per heavy atom. The predicted octanol–water partition coefficient (Wildman–Crippen LogP) is 3.01. The quantitative estimate of drug-likeness (QED) is 0.623. The van der Waals surface area contributed by atoms with Crippen LogP contribution in [0, 0.1) is 0 Å². The maximum absolute atomic E-state index is 12.7. The molecule has 0 saturated heterocycles. The molecule has 0 heterocycles.